The molecular weight excluding hydrogens is 644 g/mol. The molecule has 280 valence electrons. The molecule has 0 saturated heterocycles. The number of aliphatic hydroxyl groups excluding tert-OH is 1. The Labute approximate surface area is 287 Å². The first kappa shape index (κ1) is 42.3. The molecule has 2 aliphatic carbocycles. The second-order valence-corrected chi connectivity index (χ2v) is 16.5. The maximum atomic E-state index is 14.4. The zero-order valence-corrected chi connectivity index (χ0v) is 31.1. The van der Waals surface area contributed by atoms with Crippen molar-refractivity contribution in [1.29, 1.82) is 0 Å². The SMILES string of the molecule is CCCN(CC(O)C(CC1CC(F)CC(F)C1)NC(=O)C1CC(C(=O)N(C)C)CC(C(=O)N(CCC)CCC)C1)NS(=O)(=O)CC(C)C. The van der Waals surface area contributed by atoms with Crippen molar-refractivity contribution >= 4 is 27.7 Å². The van der Waals surface area contributed by atoms with Crippen LogP contribution in [0.2, 0.25) is 0 Å². The van der Waals surface area contributed by atoms with E-state index in [0.717, 1.165) is 12.8 Å². The van der Waals surface area contributed by atoms with E-state index in [1.807, 2.05) is 20.8 Å². The number of hydrazine groups is 1. The van der Waals surface area contributed by atoms with Gasteiger partial charge < -0.3 is 20.2 Å². The van der Waals surface area contributed by atoms with E-state index in [4.69, 9.17) is 0 Å². The van der Waals surface area contributed by atoms with E-state index >= 15 is 0 Å². The summed E-state index contributed by atoms with van der Waals surface area (Å²) in [5.74, 6) is -3.11. The number of rotatable bonds is 19. The highest BCUT2D eigenvalue weighted by atomic mass is 32.2. The Hall–Kier alpha value is -1.90. The quantitative estimate of drug-likeness (QED) is 0.174. The maximum Gasteiger partial charge on any atom is 0.225 e. The van der Waals surface area contributed by atoms with Gasteiger partial charge in [0.2, 0.25) is 27.7 Å². The first-order valence-electron chi connectivity index (χ1n) is 18.0. The summed E-state index contributed by atoms with van der Waals surface area (Å²) in [5.41, 5.74) is 0. The molecule has 0 radical (unpaired) electrons. The van der Waals surface area contributed by atoms with Crippen LogP contribution in [0.25, 0.3) is 0 Å². The lowest BCUT2D eigenvalue weighted by molar-refractivity contribution is -0.143. The van der Waals surface area contributed by atoms with E-state index in [0.29, 0.717) is 32.5 Å². The van der Waals surface area contributed by atoms with Crippen LogP contribution in [0.1, 0.15) is 98.8 Å². The summed E-state index contributed by atoms with van der Waals surface area (Å²) in [6, 6.07) is -0.940. The third-order valence-corrected chi connectivity index (χ3v) is 10.9. The predicted molar refractivity (Wildman–Crippen MR) is 183 cm³/mol. The van der Waals surface area contributed by atoms with Gasteiger partial charge in [0.15, 0.2) is 0 Å². The maximum absolute atomic E-state index is 14.4. The smallest absolute Gasteiger partial charge is 0.225 e. The Morgan fingerprint density at radius 1 is 0.812 bits per heavy atom. The Bertz CT molecular complexity index is 1110. The molecule has 3 N–H and O–H groups in total. The van der Waals surface area contributed by atoms with Gasteiger partial charge in [-0.3, -0.25) is 14.4 Å². The molecule has 7 atom stereocenters. The topological polar surface area (TPSA) is 139 Å². The van der Waals surface area contributed by atoms with Crippen molar-refractivity contribution < 1.29 is 36.7 Å². The lowest BCUT2D eigenvalue weighted by atomic mass is 9.73. The highest BCUT2D eigenvalue weighted by Crippen LogP contribution is 2.37. The summed E-state index contributed by atoms with van der Waals surface area (Å²) in [7, 11) is -0.407. The molecule has 0 bridgehead atoms. The summed E-state index contributed by atoms with van der Waals surface area (Å²) in [6.07, 6.45) is -0.844. The zero-order chi connectivity index (χ0) is 36.2. The molecule has 2 rings (SSSR count). The fraction of sp³-hybridized carbons (Fsp3) is 0.912. The molecule has 11 nitrogen and oxygen atoms in total. The van der Waals surface area contributed by atoms with Gasteiger partial charge in [0.25, 0.3) is 0 Å². The van der Waals surface area contributed by atoms with Crippen LogP contribution >= 0.6 is 0 Å². The average molecular weight is 708 g/mol. The van der Waals surface area contributed by atoms with Crippen LogP contribution in [0.4, 0.5) is 8.78 Å². The molecule has 2 fully saturated rings. The summed E-state index contributed by atoms with van der Waals surface area (Å²) < 4.78 is 54.3. The Kier molecular flexibility index (Phi) is 17.7. The van der Waals surface area contributed by atoms with Crippen LogP contribution in [-0.4, -0.2) is 117 Å². The first-order chi connectivity index (χ1) is 22.5. The largest absolute Gasteiger partial charge is 0.390 e. The standard InChI is InChI=1S/C34H63F2N5O6S/c1-8-11-40(12-9-2)34(45)27-18-25(17-26(19-27)33(44)39(6)7)32(43)37-30(16-24-14-28(35)20-29(36)15-24)31(42)21-41(13-10-3)38-48(46,47)22-23(4)5/h23-31,38,42H,8-22H2,1-7H3,(H,37,43). The summed E-state index contributed by atoms with van der Waals surface area (Å²) >= 11 is 0. The molecule has 14 heteroatoms. The number of aliphatic hydroxyl groups is 1. The Morgan fingerprint density at radius 2 is 1.33 bits per heavy atom. The third-order valence-electron chi connectivity index (χ3n) is 9.31. The molecule has 0 aromatic heterocycles. The molecule has 0 heterocycles. The zero-order valence-electron chi connectivity index (χ0n) is 30.3. The predicted octanol–water partition coefficient (Wildman–Crippen LogP) is 3.67. The average Bonchev–Trinajstić information content (AvgIpc) is 2.98. The number of amides is 3. The summed E-state index contributed by atoms with van der Waals surface area (Å²) in [4.78, 5) is 46.7. The number of halogens is 2. The molecule has 3 amide bonds. The van der Waals surface area contributed by atoms with Gasteiger partial charge in [0.1, 0.15) is 12.3 Å². The van der Waals surface area contributed by atoms with Crippen LogP contribution < -0.4 is 10.1 Å². The molecule has 7 unspecified atom stereocenters. The number of hydrogen-bond donors (Lipinski definition) is 3. The van der Waals surface area contributed by atoms with Gasteiger partial charge in [-0.2, -0.15) is 0 Å². The Morgan fingerprint density at radius 3 is 1.83 bits per heavy atom. The minimum Gasteiger partial charge on any atom is -0.390 e. The second-order valence-electron chi connectivity index (χ2n) is 14.8. The number of nitrogens with one attached hydrogen (secondary N) is 2. The minimum atomic E-state index is -3.70. The Balaban J connectivity index is 2.36. The van der Waals surface area contributed by atoms with Gasteiger partial charge in [0.05, 0.1) is 17.9 Å². The van der Waals surface area contributed by atoms with E-state index in [1.165, 1.54) is 9.91 Å². The van der Waals surface area contributed by atoms with E-state index < -0.39 is 64.1 Å². The molecule has 2 aliphatic rings. The molecule has 0 aromatic carbocycles. The van der Waals surface area contributed by atoms with Crippen molar-refractivity contribution in [1.82, 2.24) is 25.0 Å². The van der Waals surface area contributed by atoms with Crippen molar-refractivity contribution in [3.8, 4) is 0 Å². The fourth-order valence-electron chi connectivity index (χ4n) is 7.36. The fourth-order valence-corrected chi connectivity index (χ4v) is 8.87. The molecule has 0 aromatic rings. The van der Waals surface area contributed by atoms with Crippen molar-refractivity contribution in [2.45, 2.75) is 123 Å². The van der Waals surface area contributed by atoms with E-state index in [9.17, 15) is 36.7 Å². The molecule has 2 saturated carbocycles. The normalized spacial score (nSPS) is 26.2. The van der Waals surface area contributed by atoms with Crippen LogP contribution in [0.15, 0.2) is 0 Å². The first-order valence-corrected chi connectivity index (χ1v) is 19.7. The lowest BCUT2D eigenvalue weighted by Gasteiger charge is -2.38. The number of carbonyl (C=O) groups is 3. The summed E-state index contributed by atoms with van der Waals surface area (Å²) in [5, 5.41) is 15.9. The van der Waals surface area contributed by atoms with Gasteiger partial charge in [-0.1, -0.05) is 34.6 Å². The van der Waals surface area contributed by atoms with Gasteiger partial charge in [-0.25, -0.2) is 22.2 Å². The second kappa shape index (κ2) is 20.1. The molecule has 0 spiro atoms. The third kappa shape index (κ3) is 13.8. The number of nitrogens with zero attached hydrogens (tertiary/aromatic N) is 3. The van der Waals surface area contributed by atoms with Crippen molar-refractivity contribution in [3.63, 3.8) is 0 Å². The highest BCUT2D eigenvalue weighted by Gasteiger charge is 2.42. The van der Waals surface area contributed by atoms with Gasteiger partial charge in [-0.15, -0.1) is 4.83 Å². The van der Waals surface area contributed by atoms with E-state index in [2.05, 4.69) is 10.1 Å². The highest BCUT2D eigenvalue weighted by molar-refractivity contribution is 7.89. The van der Waals surface area contributed by atoms with E-state index in [-0.39, 0.29) is 68.6 Å². The van der Waals surface area contributed by atoms with Crippen LogP contribution in [0.5, 0.6) is 0 Å². The van der Waals surface area contributed by atoms with Crippen LogP contribution in [0, 0.1) is 29.6 Å². The van der Waals surface area contributed by atoms with Gasteiger partial charge >= 0.3 is 0 Å². The number of alkyl halides is 2. The van der Waals surface area contributed by atoms with Crippen molar-refractivity contribution in [2.24, 2.45) is 29.6 Å². The summed E-state index contributed by atoms with van der Waals surface area (Å²) in [6.45, 7) is 10.7. The van der Waals surface area contributed by atoms with Crippen LogP contribution in [-0.2, 0) is 24.4 Å². The van der Waals surface area contributed by atoms with Crippen molar-refractivity contribution in [3.05, 3.63) is 0 Å². The minimum absolute atomic E-state index is 0.0709. The van der Waals surface area contributed by atoms with Crippen LogP contribution in [0.3, 0.4) is 0 Å². The molecular formula is C34H63F2N5O6S. The van der Waals surface area contributed by atoms with Gasteiger partial charge in [0, 0.05) is 64.4 Å². The number of hydrogen-bond acceptors (Lipinski definition) is 7. The lowest BCUT2D eigenvalue weighted by Crippen LogP contribution is -2.55. The molecule has 0 aliphatic heterocycles. The van der Waals surface area contributed by atoms with E-state index in [1.54, 1.807) is 32.8 Å². The monoisotopic (exact) mass is 707 g/mol. The van der Waals surface area contributed by atoms with Crippen molar-refractivity contribution in [2.75, 3.05) is 46.0 Å². The number of carbonyl (C=O) groups excluding carboxylic acids is 3. The van der Waals surface area contributed by atoms with Gasteiger partial charge in [-0.05, 0) is 69.6 Å². The number of sulfonamides is 1. The molecule has 48 heavy (non-hydrogen) atoms.